The number of amides is 1. The molecule has 0 aliphatic carbocycles. The number of nitrogens with one attached hydrogen (secondary N) is 3. The maximum atomic E-state index is 12.2. The number of anilines is 2. The van der Waals surface area contributed by atoms with Gasteiger partial charge in [0.05, 0.1) is 11.9 Å². The smallest absolute Gasteiger partial charge is 0.277 e. The Hall–Kier alpha value is -2.81. The monoisotopic (exact) mass is 289 g/mol. The number of nitrogens with zero attached hydrogens (tertiary/aromatic N) is 3. The van der Waals surface area contributed by atoms with Gasteiger partial charge < -0.3 is 10.7 Å². The van der Waals surface area contributed by atoms with E-state index in [9.17, 15) is 9.59 Å². The lowest BCUT2D eigenvalue weighted by molar-refractivity contribution is 0.102. The van der Waals surface area contributed by atoms with Crippen molar-refractivity contribution in [3.63, 3.8) is 0 Å². The minimum absolute atomic E-state index is 0.0644. The fraction of sp³-hybridized carbons (Fsp3) is 0.250. The number of aromatic amines is 1. The Morgan fingerprint density at radius 1 is 1.38 bits per heavy atom. The summed E-state index contributed by atoms with van der Waals surface area (Å²) in [6.45, 7) is 3.83. The van der Waals surface area contributed by atoms with Gasteiger partial charge in [0.1, 0.15) is 5.82 Å². The minimum Gasteiger partial charge on any atom is -0.321 e. The molecular weight excluding hydrogens is 274 g/mol. The molecule has 0 aromatic carbocycles. The molecule has 0 fully saturated rings. The number of hydrazine groups is 1. The van der Waals surface area contributed by atoms with Gasteiger partial charge in [0, 0.05) is 12.0 Å². The molecule has 0 radical (unpaired) electrons. The van der Waals surface area contributed by atoms with Crippen LogP contribution in [0.4, 0.5) is 11.5 Å². The molecule has 0 atom stereocenters. The fourth-order valence-electron chi connectivity index (χ4n) is 1.54. The Kier molecular flexibility index (Phi) is 4.24. The highest BCUT2D eigenvalue weighted by molar-refractivity contribution is 6.05. The van der Waals surface area contributed by atoms with E-state index in [1.54, 1.807) is 0 Å². The summed E-state index contributed by atoms with van der Waals surface area (Å²) in [5, 5.41) is 8.43. The van der Waals surface area contributed by atoms with E-state index in [2.05, 4.69) is 30.9 Å². The molecule has 1 amide bonds. The first-order valence-electron chi connectivity index (χ1n) is 6.22. The van der Waals surface area contributed by atoms with Crippen LogP contribution in [-0.4, -0.2) is 26.1 Å². The van der Waals surface area contributed by atoms with Crippen LogP contribution < -0.4 is 22.1 Å². The number of H-pyrrole nitrogens is 1. The quantitative estimate of drug-likeness (QED) is 0.466. The van der Waals surface area contributed by atoms with E-state index in [1.807, 2.05) is 13.8 Å². The average molecular weight is 289 g/mol. The van der Waals surface area contributed by atoms with Gasteiger partial charge >= 0.3 is 0 Å². The molecule has 2 aromatic heterocycles. The fourth-order valence-corrected chi connectivity index (χ4v) is 1.54. The second-order valence-electron chi connectivity index (χ2n) is 4.55. The highest BCUT2D eigenvalue weighted by Gasteiger charge is 2.16. The molecule has 0 bridgehead atoms. The average Bonchev–Trinajstić information content (AvgIpc) is 2.48. The minimum atomic E-state index is -0.508. The standard InChI is InChI=1S/C12H15N7O2/c1-6(2)11-14-5-7(17-13)10(16-11)12(21)15-8-3-4-9(20)19-18-8/h3-6,17H,13H2,1-2H3,(H,19,20)(H,15,18,21). The van der Waals surface area contributed by atoms with Crippen LogP contribution in [0.3, 0.4) is 0 Å². The molecule has 0 spiro atoms. The maximum absolute atomic E-state index is 12.2. The number of hydrogen-bond acceptors (Lipinski definition) is 7. The Labute approximate surface area is 120 Å². The zero-order valence-corrected chi connectivity index (χ0v) is 11.5. The van der Waals surface area contributed by atoms with E-state index in [0.29, 0.717) is 11.5 Å². The molecule has 5 N–H and O–H groups in total. The van der Waals surface area contributed by atoms with Crippen LogP contribution in [0.5, 0.6) is 0 Å². The molecule has 2 rings (SSSR count). The molecule has 0 unspecified atom stereocenters. The van der Waals surface area contributed by atoms with Gasteiger partial charge in [-0.2, -0.15) is 5.10 Å². The van der Waals surface area contributed by atoms with E-state index < -0.39 is 5.91 Å². The van der Waals surface area contributed by atoms with Crippen LogP contribution in [-0.2, 0) is 0 Å². The lowest BCUT2D eigenvalue weighted by Gasteiger charge is -2.10. The van der Waals surface area contributed by atoms with Crippen LogP contribution in [0, 0.1) is 0 Å². The lowest BCUT2D eigenvalue weighted by Crippen LogP contribution is -2.21. The molecule has 0 saturated carbocycles. The number of hydrogen-bond donors (Lipinski definition) is 4. The van der Waals surface area contributed by atoms with Crippen LogP contribution in [0.15, 0.2) is 23.1 Å². The largest absolute Gasteiger partial charge is 0.321 e. The zero-order chi connectivity index (χ0) is 15.4. The summed E-state index contributed by atoms with van der Waals surface area (Å²) in [7, 11) is 0. The summed E-state index contributed by atoms with van der Waals surface area (Å²) >= 11 is 0. The van der Waals surface area contributed by atoms with Crippen molar-refractivity contribution >= 4 is 17.4 Å². The zero-order valence-electron chi connectivity index (χ0n) is 11.5. The summed E-state index contributed by atoms with van der Waals surface area (Å²) in [6.07, 6.45) is 1.44. The highest BCUT2D eigenvalue weighted by Crippen LogP contribution is 2.16. The van der Waals surface area contributed by atoms with Crippen LogP contribution in [0.2, 0.25) is 0 Å². The van der Waals surface area contributed by atoms with E-state index >= 15 is 0 Å². The SMILES string of the molecule is CC(C)c1ncc(NN)c(C(=O)Nc2ccc(=O)[nH]n2)n1. The Morgan fingerprint density at radius 2 is 2.14 bits per heavy atom. The number of aromatic nitrogens is 4. The maximum Gasteiger partial charge on any atom is 0.277 e. The van der Waals surface area contributed by atoms with Crippen molar-refractivity contribution in [1.82, 2.24) is 20.2 Å². The second kappa shape index (κ2) is 6.09. The Balaban J connectivity index is 2.30. The van der Waals surface area contributed by atoms with Gasteiger partial charge in [-0.1, -0.05) is 13.8 Å². The first-order valence-corrected chi connectivity index (χ1v) is 6.22. The Bertz CT molecular complexity index is 690. The predicted octanol–water partition coefficient (Wildman–Crippen LogP) is 0.221. The van der Waals surface area contributed by atoms with Crippen molar-refractivity contribution < 1.29 is 4.79 Å². The first-order chi connectivity index (χ1) is 10.0. The summed E-state index contributed by atoms with van der Waals surface area (Å²) in [5.74, 6) is 5.63. The Morgan fingerprint density at radius 3 is 2.71 bits per heavy atom. The van der Waals surface area contributed by atoms with Crippen molar-refractivity contribution in [2.45, 2.75) is 19.8 Å². The van der Waals surface area contributed by atoms with Gasteiger partial charge in [-0.3, -0.25) is 15.4 Å². The van der Waals surface area contributed by atoms with Crippen LogP contribution in [0.25, 0.3) is 0 Å². The highest BCUT2D eigenvalue weighted by atomic mass is 16.2. The number of carbonyl (C=O) groups excluding carboxylic acids is 1. The topological polar surface area (TPSA) is 139 Å². The molecule has 110 valence electrons. The lowest BCUT2D eigenvalue weighted by atomic mass is 10.2. The summed E-state index contributed by atoms with van der Waals surface area (Å²) in [4.78, 5) is 31.4. The molecule has 21 heavy (non-hydrogen) atoms. The summed E-state index contributed by atoms with van der Waals surface area (Å²) in [5.41, 5.74) is 2.41. The van der Waals surface area contributed by atoms with Gasteiger partial charge in [-0.15, -0.1) is 0 Å². The third-order valence-electron chi connectivity index (χ3n) is 2.62. The van der Waals surface area contributed by atoms with Crippen molar-refractivity contribution in [1.29, 1.82) is 0 Å². The van der Waals surface area contributed by atoms with Gasteiger partial charge in [0.15, 0.2) is 11.5 Å². The van der Waals surface area contributed by atoms with Gasteiger partial charge in [-0.05, 0) is 6.07 Å². The number of nitrogens with two attached hydrogens (primary N) is 1. The van der Waals surface area contributed by atoms with Gasteiger partial charge in [0.25, 0.3) is 11.5 Å². The van der Waals surface area contributed by atoms with Crippen molar-refractivity contribution in [3.8, 4) is 0 Å². The third kappa shape index (κ3) is 3.39. The van der Waals surface area contributed by atoms with Crippen LogP contribution >= 0.6 is 0 Å². The summed E-state index contributed by atoms with van der Waals surface area (Å²) in [6, 6.07) is 2.64. The molecular formula is C12H15N7O2. The molecule has 0 aliphatic rings. The number of carbonyl (C=O) groups is 1. The second-order valence-corrected chi connectivity index (χ2v) is 4.55. The number of nitrogen functional groups attached to an aromatic ring is 1. The molecule has 9 heteroatoms. The van der Waals surface area contributed by atoms with Crippen molar-refractivity contribution in [2.24, 2.45) is 5.84 Å². The molecule has 9 nitrogen and oxygen atoms in total. The van der Waals surface area contributed by atoms with E-state index in [4.69, 9.17) is 5.84 Å². The van der Waals surface area contributed by atoms with Gasteiger partial charge in [0.2, 0.25) is 0 Å². The van der Waals surface area contributed by atoms with E-state index in [0.717, 1.165) is 0 Å². The van der Waals surface area contributed by atoms with E-state index in [1.165, 1.54) is 18.3 Å². The normalized spacial score (nSPS) is 10.5. The number of rotatable bonds is 4. The third-order valence-corrected chi connectivity index (χ3v) is 2.62. The predicted molar refractivity (Wildman–Crippen MR) is 76.7 cm³/mol. The molecule has 2 aromatic rings. The first kappa shape index (κ1) is 14.6. The summed E-state index contributed by atoms with van der Waals surface area (Å²) < 4.78 is 0. The van der Waals surface area contributed by atoms with Crippen molar-refractivity contribution in [2.75, 3.05) is 10.7 Å². The molecule has 0 aliphatic heterocycles. The van der Waals surface area contributed by atoms with Crippen LogP contribution in [0.1, 0.15) is 36.1 Å². The van der Waals surface area contributed by atoms with E-state index in [-0.39, 0.29) is 23.0 Å². The molecule has 2 heterocycles. The van der Waals surface area contributed by atoms with Gasteiger partial charge in [-0.25, -0.2) is 15.1 Å². The van der Waals surface area contributed by atoms with Crippen molar-refractivity contribution in [3.05, 3.63) is 40.2 Å². The molecule has 0 saturated heterocycles.